The van der Waals surface area contributed by atoms with Gasteiger partial charge < -0.3 is 0 Å². The number of amides is 1. The summed E-state index contributed by atoms with van der Waals surface area (Å²) in [5.74, 6) is -0.379. The Morgan fingerprint density at radius 3 is 2.63 bits per heavy atom. The van der Waals surface area contributed by atoms with Crippen molar-refractivity contribution in [3.63, 3.8) is 0 Å². The van der Waals surface area contributed by atoms with E-state index in [9.17, 15) is 12.6 Å². The van der Waals surface area contributed by atoms with Gasteiger partial charge >= 0.3 is 88.4 Å². The SMILES string of the molecule is CC(=O)Nc1ccccc1[As](=O)(O)OO.c1cncc(-c2ccc3scnc3c2)c1. The number of carbonyl (C=O) groups is 1. The van der Waals surface area contributed by atoms with Gasteiger partial charge in [-0.25, -0.2) is 4.98 Å². The minimum atomic E-state index is -4.92. The monoisotopic (exact) mass is 487 g/mol. The molecule has 0 aliphatic heterocycles. The number of para-hydroxylation sites is 1. The summed E-state index contributed by atoms with van der Waals surface area (Å²) in [6, 6.07) is 16.2. The Labute approximate surface area is 179 Å². The molecule has 0 radical (unpaired) electrons. The van der Waals surface area contributed by atoms with Crippen LogP contribution >= 0.6 is 11.3 Å². The van der Waals surface area contributed by atoms with E-state index in [1.54, 1.807) is 23.6 Å². The number of benzene rings is 2. The molecule has 2 heterocycles. The van der Waals surface area contributed by atoms with E-state index in [2.05, 4.69) is 43.4 Å². The van der Waals surface area contributed by atoms with Gasteiger partial charge in [0.15, 0.2) is 0 Å². The summed E-state index contributed by atoms with van der Waals surface area (Å²) < 4.78 is 25.3. The van der Waals surface area contributed by atoms with Crippen LogP contribution in [0.15, 0.2) is 72.5 Å². The van der Waals surface area contributed by atoms with Crippen molar-refractivity contribution in [3.8, 4) is 11.1 Å². The van der Waals surface area contributed by atoms with Crippen molar-refractivity contribution >= 4 is 51.7 Å². The molecule has 8 nitrogen and oxygen atoms in total. The number of anilines is 1. The zero-order valence-electron chi connectivity index (χ0n) is 15.8. The van der Waals surface area contributed by atoms with Gasteiger partial charge in [-0.3, -0.25) is 4.98 Å². The summed E-state index contributed by atoms with van der Waals surface area (Å²) in [4.78, 5) is 19.2. The van der Waals surface area contributed by atoms with Crippen LogP contribution in [0.25, 0.3) is 21.3 Å². The zero-order valence-corrected chi connectivity index (χ0v) is 18.5. The van der Waals surface area contributed by atoms with Gasteiger partial charge in [-0.1, -0.05) is 12.1 Å². The minimum absolute atomic E-state index is 0.103. The maximum absolute atomic E-state index is 11.4. The van der Waals surface area contributed by atoms with Crippen molar-refractivity contribution in [3.05, 3.63) is 72.5 Å². The van der Waals surface area contributed by atoms with Gasteiger partial charge in [-0.05, 0) is 23.8 Å². The summed E-state index contributed by atoms with van der Waals surface area (Å²) in [5, 5.41) is 10.7. The number of rotatable bonds is 4. The summed E-state index contributed by atoms with van der Waals surface area (Å²) >= 11 is -3.26. The van der Waals surface area contributed by atoms with Gasteiger partial charge in [0.2, 0.25) is 0 Å². The molecule has 2 aromatic carbocycles. The second kappa shape index (κ2) is 9.79. The van der Waals surface area contributed by atoms with Gasteiger partial charge in [0.1, 0.15) is 0 Å². The first kappa shape index (κ1) is 21.9. The summed E-state index contributed by atoms with van der Waals surface area (Å²) in [5.41, 5.74) is 5.39. The van der Waals surface area contributed by atoms with Crippen LogP contribution in [-0.2, 0) is 12.4 Å². The minimum Gasteiger partial charge on any atom is -0.264 e. The normalized spacial score (nSPS) is 12.5. The summed E-state index contributed by atoms with van der Waals surface area (Å²) in [6.07, 6.45) is 3.65. The smallest absolute Gasteiger partial charge is 0.0818 e. The molecule has 0 aliphatic carbocycles. The molecule has 0 fully saturated rings. The Kier molecular flexibility index (Phi) is 7.15. The number of hydrogen-bond donors (Lipinski definition) is 3. The third-order valence-electron chi connectivity index (χ3n) is 3.96. The first-order valence-electron chi connectivity index (χ1n) is 8.67. The van der Waals surface area contributed by atoms with Crippen LogP contribution in [0, 0.1) is 0 Å². The number of fused-ring (bicyclic) bond motifs is 1. The Morgan fingerprint density at radius 1 is 1.13 bits per heavy atom. The predicted molar refractivity (Wildman–Crippen MR) is 116 cm³/mol. The number of hydrogen-bond acceptors (Lipinski definition) is 7. The standard InChI is InChI=1S/C12H8N2S.C8H10AsNO5/c1-2-10(7-13-5-1)9-3-4-12-11(6-9)14-8-15-12;1-6(11)10-8-5-3-2-4-7(8)9(12,13)15-14/h1-8H;2-5,14H,1H3,(H,10,11)(H,12,13). The molecular weight excluding hydrogens is 469 g/mol. The fourth-order valence-corrected chi connectivity index (χ4v) is 4.96. The number of thiazole rings is 1. The van der Waals surface area contributed by atoms with Crippen LogP contribution in [0.4, 0.5) is 5.69 Å². The summed E-state index contributed by atoms with van der Waals surface area (Å²) in [6.45, 7) is 1.27. The molecule has 30 heavy (non-hydrogen) atoms. The van der Waals surface area contributed by atoms with E-state index in [0.717, 1.165) is 11.1 Å². The van der Waals surface area contributed by atoms with Crippen LogP contribution in [-0.4, -0.2) is 39.4 Å². The number of pyridine rings is 1. The summed E-state index contributed by atoms with van der Waals surface area (Å²) in [7, 11) is 0. The van der Waals surface area contributed by atoms with Gasteiger partial charge in [0.05, 0.1) is 15.7 Å². The fourth-order valence-electron chi connectivity index (χ4n) is 2.63. The van der Waals surface area contributed by atoms with E-state index in [1.165, 1.54) is 35.4 Å². The molecule has 0 saturated heterocycles. The molecule has 0 aliphatic rings. The van der Waals surface area contributed by atoms with Crippen molar-refractivity contribution in [1.29, 1.82) is 0 Å². The van der Waals surface area contributed by atoms with Crippen LogP contribution in [0.3, 0.4) is 0 Å². The van der Waals surface area contributed by atoms with Gasteiger partial charge in [0.25, 0.3) is 0 Å². The second-order valence-electron chi connectivity index (χ2n) is 6.08. The maximum atomic E-state index is 11.4. The second-order valence-corrected chi connectivity index (χ2v) is 10.5. The van der Waals surface area contributed by atoms with Crippen molar-refractivity contribution in [2.24, 2.45) is 0 Å². The molecule has 0 spiro atoms. The van der Waals surface area contributed by atoms with E-state index in [1.807, 2.05) is 17.8 Å². The quantitative estimate of drug-likeness (QED) is 0.230. The van der Waals surface area contributed by atoms with E-state index in [-0.39, 0.29) is 15.9 Å². The third-order valence-corrected chi connectivity index (χ3v) is 7.33. The molecule has 0 saturated carbocycles. The average molecular weight is 487 g/mol. The molecule has 4 rings (SSSR count). The van der Waals surface area contributed by atoms with E-state index in [0.29, 0.717) is 0 Å². The third kappa shape index (κ3) is 5.41. The first-order valence-corrected chi connectivity index (χ1v) is 12.9. The number of nitrogens with one attached hydrogen (secondary N) is 1. The predicted octanol–water partition coefficient (Wildman–Crippen LogP) is 3.06. The van der Waals surface area contributed by atoms with E-state index < -0.39 is 14.2 Å². The van der Waals surface area contributed by atoms with Gasteiger partial charge in [-0.2, -0.15) is 0 Å². The van der Waals surface area contributed by atoms with Crippen LogP contribution in [0.1, 0.15) is 6.92 Å². The average Bonchev–Trinajstić information content (AvgIpc) is 3.23. The molecule has 1 atom stereocenters. The van der Waals surface area contributed by atoms with Crippen LogP contribution in [0.2, 0.25) is 0 Å². The largest absolute Gasteiger partial charge is 0.264 e. The van der Waals surface area contributed by atoms with Crippen LogP contribution < -0.4 is 9.67 Å². The van der Waals surface area contributed by atoms with Crippen molar-refractivity contribution in [1.82, 2.24) is 9.97 Å². The number of aromatic nitrogens is 2. The van der Waals surface area contributed by atoms with Crippen molar-refractivity contribution in [2.75, 3.05) is 5.32 Å². The fraction of sp³-hybridized carbons (Fsp3) is 0.0500. The molecule has 1 amide bonds. The van der Waals surface area contributed by atoms with Crippen molar-refractivity contribution < 1.29 is 21.8 Å². The molecule has 0 bridgehead atoms. The molecule has 4 aromatic rings. The molecule has 2 aromatic heterocycles. The molecular formula is C20H18AsN3O5S. The topological polar surface area (TPSA) is 122 Å². The number of carbonyl (C=O) groups excluding carboxylic acids is 1. The van der Waals surface area contributed by atoms with E-state index >= 15 is 0 Å². The Bertz CT molecular complexity index is 1200. The zero-order chi connectivity index (χ0) is 21.6. The molecule has 1 unspecified atom stereocenters. The maximum Gasteiger partial charge on any atom is 0.0818 e. The molecule has 3 N–H and O–H groups in total. The first-order chi connectivity index (χ1) is 14.4. The Morgan fingerprint density at radius 2 is 1.93 bits per heavy atom. The van der Waals surface area contributed by atoms with Crippen molar-refractivity contribution in [2.45, 2.75) is 6.92 Å². The van der Waals surface area contributed by atoms with Gasteiger partial charge in [0, 0.05) is 18.0 Å². The molecule has 154 valence electrons. The van der Waals surface area contributed by atoms with Gasteiger partial charge in [-0.15, -0.1) is 11.3 Å². The van der Waals surface area contributed by atoms with E-state index in [4.69, 9.17) is 5.26 Å². The molecule has 10 heteroatoms. The Hall–Kier alpha value is -2.81. The Balaban J connectivity index is 0.000000171. The van der Waals surface area contributed by atoms with Crippen LogP contribution in [0.5, 0.6) is 0 Å². The number of nitrogens with zero attached hydrogens (tertiary/aromatic N) is 2.